The summed E-state index contributed by atoms with van der Waals surface area (Å²) in [6.07, 6.45) is 3.13. The average molecular weight is 199 g/mol. The fourth-order valence-corrected chi connectivity index (χ4v) is 2.26. The number of carbonyl (C=O) groups is 1. The lowest BCUT2D eigenvalue weighted by Gasteiger charge is -2.40. The average Bonchev–Trinajstić information content (AvgIpc) is 2.16. The zero-order chi connectivity index (χ0) is 10.8. The molecule has 0 amide bonds. The third kappa shape index (κ3) is 2.27. The van der Waals surface area contributed by atoms with Crippen LogP contribution in [0.2, 0.25) is 0 Å². The molecule has 0 heterocycles. The van der Waals surface area contributed by atoms with Crippen molar-refractivity contribution in [2.75, 3.05) is 14.2 Å². The van der Waals surface area contributed by atoms with Crippen molar-refractivity contribution < 1.29 is 9.53 Å². The van der Waals surface area contributed by atoms with Gasteiger partial charge in [-0.1, -0.05) is 13.8 Å². The van der Waals surface area contributed by atoms with Gasteiger partial charge in [0, 0.05) is 6.04 Å². The Morgan fingerprint density at radius 2 is 2.14 bits per heavy atom. The van der Waals surface area contributed by atoms with E-state index in [0.717, 1.165) is 19.3 Å². The summed E-state index contributed by atoms with van der Waals surface area (Å²) in [4.78, 5) is 11.6. The minimum atomic E-state index is -0.0602. The lowest BCUT2D eigenvalue weighted by molar-refractivity contribution is -0.151. The van der Waals surface area contributed by atoms with Crippen molar-refractivity contribution in [2.45, 2.75) is 39.2 Å². The molecule has 1 rings (SSSR count). The van der Waals surface area contributed by atoms with Crippen LogP contribution in [-0.2, 0) is 9.53 Å². The summed E-state index contributed by atoms with van der Waals surface area (Å²) in [5.74, 6) is -0.0198. The SMILES string of the molecule is CNC1CCC(C)(C)C(C(=O)OC)C1. The maximum Gasteiger partial charge on any atom is 0.309 e. The predicted octanol–water partition coefficient (Wildman–Crippen LogP) is 1.57. The molecule has 2 atom stereocenters. The van der Waals surface area contributed by atoms with Gasteiger partial charge in [0.15, 0.2) is 0 Å². The van der Waals surface area contributed by atoms with Crippen molar-refractivity contribution in [1.82, 2.24) is 5.32 Å². The molecule has 1 N–H and O–H groups in total. The smallest absolute Gasteiger partial charge is 0.309 e. The summed E-state index contributed by atoms with van der Waals surface area (Å²) in [6.45, 7) is 4.31. The summed E-state index contributed by atoms with van der Waals surface area (Å²) in [6, 6.07) is 0.465. The second kappa shape index (κ2) is 4.30. The van der Waals surface area contributed by atoms with Crippen LogP contribution in [0.4, 0.5) is 0 Å². The molecule has 0 bridgehead atoms. The lowest BCUT2D eigenvalue weighted by atomic mass is 9.67. The van der Waals surface area contributed by atoms with Crippen LogP contribution in [0.5, 0.6) is 0 Å². The molecule has 2 unspecified atom stereocenters. The number of esters is 1. The van der Waals surface area contributed by atoms with Gasteiger partial charge in [0.05, 0.1) is 13.0 Å². The van der Waals surface area contributed by atoms with Crippen LogP contribution in [0, 0.1) is 11.3 Å². The van der Waals surface area contributed by atoms with Crippen molar-refractivity contribution in [1.29, 1.82) is 0 Å². The zero-order valence-corrected chi connectivity index (χ0v) is 9.59. The molecule has 0 aromatic rings. The highest BCUT2D eigenvalue weighted by atomic mass is 16.5. The van der Waals surface area contributed by atoms with Gasteiger partial charge in [-0.05, 0) is 31.7 Å². The largest absolute Gasteiger partial charge is 0.469 e. The number of rotatable bonds is 2. The van der Waals surface area contributed by atoms with Gasteiger partial charge in [-0.2, -0.15) is 0 Å². The van der Waals surface area contributed by atoms with Gasteiger partial charge in [0.2, 0.25) is 0 Å². The highest BCUT2D eigenvalue weighted by Crippen LogP contribution is 2.41. The highest BCUT2D eigenvalue weighted by Gasteiger charge is 2.40. The Morgan fingerprint density at radius 3 is 2.64 bits per heavy atom. The third-order valence-electron chi connectivity index (χ3n) is 3.49. The summed E-state index contributed by atoms with van der Waals surface area (Å²) in [5.41, 5.74) is 0.0838. The van der Waals surface area contributed by atoms with Crippen LogP contribution in [-0.4, -0.2) is 26.2 Å². The van der Waals surface area contributed by atoms with E-state index in [0.29, 0.717) is 6.04 Å². The van der Waals surface area contributed by atoms with E-state index in [2.05, 4.69) is 19.2 Å². The van der Waals surface area contributed by atoms with Gasteiger partial charge in [0.25, 0.3) is 0 Å². The number of nitrogens with one attached hydrogen (secondary N) is 1. The molecule has 0 saturated heterocycles. The van der Waals surface area contributed by atoms with Gasteiger partial charge < -0.3 is 10.1 Å². The normalized spacial score (nSPS) is 31.1. The number of ether oxygens (including phenoxy) is 1. The van der Waals surface area contributed by atoms with Gasteiger partial charge >= 0.3 is 5.97 Å². The lowest BCUT2D eigenvalue weighted by Crippen LogP contribution is -2.43. The van der Waals surface area contributed by atoms with E-state index >= 15 is 0 Å². The quantitative estimate of drug-likeness (QED) is 0.686. The second-order valence-corrected chi connectivity index (χ2v) is 4.82. The van der Waals surface area contributed by atoms with E-state index in [4.69, 9.17) is 4.74 Å². The topological polar surface area (TPSA) is 38.3 Å². The van der Waals surface area contributed by atoms with Crippen molar-refractivity contribution in [3.8, 4) is 0 Å². The zero-order valence-electron chi connectivity index (χ0n) is 9.59. The maximum atomic E-state index is 11.6. The van der Waals surface area contributed by atoms with E-state index in [1.807, 2.05) is 7.05 Å². The monoisotopic (exact) mass is 199 g/mol. The van der Waals surface area contributed by atoms with Crippen LogP contribution in [0.15, 0.2) is 0 Å². The Labute approximate surface area is 86.2 Å². The molecule has 1 aliphatic rings. The maximum absolute atomic E-state index is 11.6. The molecular weight excluding hydrogens is 178 g/mol. The Morgan fingerprint density at radius 1 is 1.50 bits per heavy atom. The molecule has 0 spiro atoms. The van der Waals surface area contributed by atoms with Crippen LogP contribution in [0.25, 0.3) is 0 Å². The molecule has 3 nitrogen and oxygen atoms in total. The number of methoxy groups -OCH3 is 1. The summed E-state index contributed by atoms with van der Waals surface area (Å²) in [5, 5.41) is 3.24. The fraction of sp³-hybridized carbons (Fsp3) is 0.909. The molecule has 1 fully saturated rings. The Kier molecular flexibility index (Phi) is 3.53. The van der Waals surface area contributed by atoms with Crippen molar-refractivity contribution in [3.05, 3.63) is 0 Å². The molecule has 1 aliphatic carbocycles. The van der Waals surface area contributed by atoms with E-state index in [1.54, 1.807) is 0 Å². The fourth-order valence-electron chi connectivity index (χ4n) is 2.26. The molecule has 0 aliphatic heterocycles. The van der Waals surface area contributed by atoms with E-state index in [-0.39, 0.29) is 17.3 Å². The van der Waals surface area contributed by atoms with E-state index < -0.39 is 0 Å². The molecule has 82 valence electrons. The Hall–Kier alpha value is -0.570. The first-order valence-corrected chi connectivity index (χ1v) is 5.26. The first-order valence-electron chi connectivity index (χ1n) is 5.26. The van der Waals surface area contributed by atoms with E-state index in [1.165, 1.54) is 7.11 Å². The van der Waals surface area contributed by atoms with Crippen LogP contribution < -0.4 is 5.32 Å². The second-order valence-electron chi connectivity index (χ2n) is 4.82. The predicted molar refractivity (Wildman–Crippen MR) is 56.0 cm³/mol. The minimum Gasteiger partial charge on any atom is -0.469 e. The van der Waals surface area contributed by atoms with Crippen molar-refractivity contribution in [2.24, 2.45) is 11.3 Å². The first-order chi connectivity index (χ1) is 6.51. The van der Waals surface area contributed by atoms with Crippen LogP contribution >= 0.6 is 0 Å². The minimum absolute atomic E-state index is 0.0405. The Bertz CT molecular complexity index is 213. The summed E-state index contributed by atoms with van der Waals surface area (Å²) < 4.78 is 4.85. The third-order valence-corrected chi connectivity index (χ3v) is 3.49. The molecule has 14 heavy (non-hydrogen) atoms. The van der Waals surface area contributed by atoms with E-state index in [9.17, 15) is 4.79 Å². The number of hydrogen-bond donors (Lipinski definition) is 1. The number of hydrogen-bond acceptors (Lipinski definition) is 3. The van der Waals surface area contributed by atoms with Gasteiger partial charge in [0.1, 0.15) is 0 Å². The Balaban J connectivity index is 2.71. The van der Waals surface area contributed by atoms with Gasteiger partial charge in [-0.15, -0.1) is 0 Å². The molecule has 3 heteroatoms. The highest BCUT2D eigenvalue weighted by molar-refractivity contribution is 5.73. The van der Waals surface area contributed by atoms with Crippen LogP contribution in [0.1, 0.15) is 33.1 Å². The molecular formula is C11H21NO2. The van der Waals surface area contributed by atoms with Gasteiger partial charge in [-0.25, -0.2) is 0 Å². The first kappa shape index (κ1) is 11.5. The van der Waals surface area contributed by atoms with Crippen molar-refractivity contribution >= 4 is 5.97 Å². The molecule has 0 aromatic heterocycles. The summed E-state index contributed by atoms with van der Waals surface area (Å²) in [7, 11) is 3.43. The number of carbonyl (C=O) groups excluding carboxylic acids is 1. The van der Waals surface area contributed by atoms with Gasteiger partial charge in [-0.3, -0.25) is 4.79 Å². The summed E-state index contributed by atoms with van der Waals surface area (Å²) >= 11 is 0. The molecule has 1 saturated carbocycles. The van der Waals surface area contributed by atoms with Crippen molar-refractivity contribution in [3.63, 3.8) is 0 Å². The standard InChI is InChI=1S/C11H21NO2/c1-11(2)6-5-8(12-3)7-9(11)10(13)14-4/h8-9,12H,5-7H2,1-4H3. The molecule has 0 aromatic carbocycles. The molecule has 0 radical (unpaired) electrons. The van der Waals surface area contributed by atoms with Crippen LogP contribution in [0.3, 0.4) is 0 Å².